The van der Waals surface area contributed by atoms with E-state index < -0.39 is 0 Å². The summed E-state index contributed by atoms with van der Waals surface area (Å²) in [7, 11) is 0. The summed E-state index contributed by atoms with van der Waals surface area (Å²) in [4.78, 5) is 13.2. The molecule has 118 valence electrons. The van der Waals surface area contributed by atoms with E-state index >= 15 is 0 Å². The van der Waals surface area contributed by atoms with Crippen LogP contribution in [-0.2, 0) is 11.3 Å². The van der Waals surface area contributed by atoms with Crippen molar-refractivity contribution in [2.45, 2.75) is 51.1 Å². The van der Waals surface area contributed by atoms with Gasteiger partial charge in [-0.25, -0.2) is 0 Å². The van der Waals surface area contributed by atoms with Crippen molar-refractivity contribution >= 4 is 29.5 Å². The van der Waals surface area contributed by atoms with Crippen LogP contribution in [0.25, 0.3) is 10.7 Å². The summed E-state index contributed by atoms with van der Waals surface area (Å²) in [5, 5.41) is 12.2. The van der Waals surface area contributed by atoms with Gasteiger partial charge in [-0.2, -0.15) is 5.10 Å². The highest BCUT2D eigenvalue weighted by Gasteiger charge is 2.16. The lowest BCUT2D eigenvalue weighted by Gasteiger charge is -2.22. The highest BCUT2D eigenvalue weighted by Crippen LogP contribution is 2.23. The van der Waals surface area contributed by atoms with Gasteiger partial charge in [0.15, 0.2) is 10.6 Å². The fourth-order valence-electron chi connectivity index (χ4n) is 2.88. The number of hydrogen-bond donors (Lipinski definition) is 2. The zero-order chi connectivity index (χ0) is 15.4. The van der Waals surface area contributed by atoms with Crippen molar-refractivity contribution in [2.24, 2.45) is 0 Å². The Morgan fingerprint density at radius 1 is 1.45 bits per heavy atom. The molecule has 0 radical (unpaired) electrons. The van der Waals surface area contributed by atoms with Gasteiger partial charge in [-0.1, -0.05) is 25.3 Å². The van der Waals surface area contributed by atoms with E-state index in [1.54, 1.807) is 11.3 Å². The van der Waals surface area contributed by atoms with Gasteiger partial charge in [-0.05, 0) is 36.5 Å². The summed E-state index contributed by atoms with van der Waals surface area (Å²) >= 11 is 6.89. The lowest BCUT2D eigenvalue weighted by Crippen LogP contribution is -2.36. The predicted octanol–water partition coefficient (Wildman–Crippen LogP) is 3.51. The Hall–Kier alpha value is -1.47. The monoisotopic (exact) mass is 336 g/mol. The molecular formula is C15H20N4OS2. The second kappa shape index (κ2) is 7.19. The van der Waals surface area contributed by atoms with Gasteiger partial charge < -0.3 is 5.32 Å². The molecule has 0 aromatic carbocycles. The third-order valence-corrected chi connectivity index (χ3v) is 5.21. The smallest absolute Gasteiger partial charge is 0.222 e. The van der Waals surface area contributed by atoms with Crippen LogP contribution >= 0.6 is 23.6 Å². The molecule has 5 nitrogen and oxygen atoms in total. The number of nitrogens with one attached hydrogen (secondary N) is 2. The molecule has 2 aromatic heterocycles. The second-order valence-electron chi connectivity index (χ2n) is 5.63. The molecule has 1 amide bonds. The Labute approximate surface area is 138 Å². The first-order chi connectivity index (χ1) is 10.7. The zero-order valence-electron chi connectivity index (χ0n) is 12.4. The molecule has 0 spiro atoms. The molecule has 3 rings (SSSR count). The molecule has 0 unspecified atom stereocenters. The number of carbonyl (C=O) groups excluding carboxylic acids is 1. The molecule has 1 fully saturated rings. The molecular weight excluding hydrogens is 316 g/mol. The number of aromatic amines is 1. The molecule has 0 bridgehead atoms. The normalized spacial score (nSPS) is 15.8. The van der Waals surface area contributed by atoms with E-state index in [4.69, 9.17) is 12.2 Å². The molecule has 0 aliphatic heterocycles. The molecule has 2 heterocycles. The van der Waals surface area contributed by atoms with Crippen LogP contribution in [0.2, 0.25) is 0 Å². The topological polar surface area (TPSA) is 62.7 Å². The van der Waals surface area contributed by atoms with Crippen LogP contribution < -0.4 is 5.32 Å². The van der Waals surface area contributed by atoms with Gasteiger partial charge in [-0.15, -0.1) is 11.3 Å². The zero-order valence-corrected chi connectivity index (χ0v) is 14.0. The van der Waals surface area contributed by atoms with E-state index in [2.05, 4.69) is 15.5 Å². The van der Waals surface area contributed by atoms with Crippen LogP contribution in [0.4, 0.5) is 0 Å². The third kappa shape index (κ3) is 3.64. The van der Waals surface area contributed by atoms with Crippen molar-refractivity contribution < 1.29 is 4.79 Å². The number of aromatic nitrogens is 3. The first-order valence-electron chi connectivity index (χ1n) is 7.72. The Morgan fingerprint density at radius 3 is 3.00 bits per heavy atom. The Morgan fingerprint density at radius 2 is 2.27 bits per heavy atom. The molecule has 22 heavy (non-hydrogen) atoms. The average molecular weight is 336 g/mol. The molecule has 0 saturated heterocycles. The highest BCUT2D eigenvalue weighted by atomic mass is 32.1. The van der Waals surface area contributed by atoms with Crippen molar-refractivity contribution in [1.82, 2.24) is 20.1 Å². The van der Waals surface area contributed by atoms with E-state index in [1.165, 1.54) is 19.3 Å². The lowest BCUT2D eigenvalue weighted by molar-refractivity contribution is -0.122. The fourth-order valence-corrected chi connectivity index (χ4v) is 3.82. The molecule has 0 atom stereocenters. The van der Waals surface area contributed by atoms with Gasteiger partial charge >= 0.3 is 0 Å². The molecule has 2 N–H and O–H groups in total. The third-order valence-electron chi connectivity index (χ3n) is 4.03. The SMILES string of the molecule is O=C(CCn1c(-c2cccs2)n[nH]c1=S)NC1CCCCC1. The molecule has 7 heteroatoms. The van der Waals surface area contributed by atoms with Crippen molar-refractivity contribution in [3.63, 3.8) is 0 Å². The average Bonchev–Trinajstić information content (AvgIpc) is 3.16. The van der Waals surface area contributed by atoms with Gasteiger partial charge in [0.2, 0.25) is 5.91 Å². The standard InChI is InChI=1S/C15H20N4OS2/c20-13(16-11-5-2-1-3-6-11)8-9-19-14(17-18-15(19)21)12-7-4-10-22-12/h4,7,10-11H,1-3,5-6,8-9H2,(H,16,20)(H,18,21). The number of hydrogen-bond acceptors (Lipinski definition) is 4. The number of rotatable bonds is 5. The predicted molar refractivity (Wildman–Crippen MR) is 90.4 cm³/mol. The minimum atomic E-state index is 0.104. The van der Waals surface area contributed by atoms with Crippen LogP contribution in [0, 0.1) is 4.77 Å². The number of nitrogens with zero attached hydrogens (tertiary/aromatic N) is 2. The molecule has 1 aliphatic carbocycles. The van der Waals surface area contributed by atoms with Crippen LogP contribution in [0.15, 0.2) is 17.5 Å². The fraction of sp³-hybridized carbons (Fsp3) is 0.533. The Balaban J connectivity index is 1.60. The quantitative estimate of drug-likeness (QED) is 0.821. The minimum Gasteiger partial charge on any atom is -0.353 e. The van der Waals surface area contributed by atoms with Crippen LogP contribution in [-0.4, -0.2) is 26.7 Å². The second-order valence-corrected chi connectivity index (χ2v) is 6.97. The van der Waals surface area contributed by atoms with Gasteiger partial charge in [0.05, 0.1) is 4.88 Å². The van der Waals surface area contributed by atoms with Gasteiger partial charge in [0.1, 0.15) is 0 Å². The van der Waals surface area contributed by atoms with E-state index in [-0.39, 0.29) is 5.91 Å². The minimum absolute atomic E-state index is 0.104. The maximum Gasteiger partial charge on any atom is 0.222 e. The van der Waals surface area contributed by atoms with Gasteiger partial charge in [0.25, 0.3) is 0 Å². The summed E-state index contributed by atoms with van der Waals surface area (Å²) in [6.45, 7) is 0.557. The van der Waals surface area contributed by atoms with Crippen molar-refractivity contribution in [3.8, 4) is 10.7 Å². The number of H-pyrrole nitrogens is 1. The van der Waals surface area contributed by atoms with E-state index in [0.29, 0.717) is 23.8 Å². The maximum absolute atomic E-state index is 12.1. The van der Waals surface area contributed by atoms with E-state index in [1.807, 2.05) is 22.1 Å². The van der Waals surface area contributed by atoms with Crippen molar-refractivity contribution in [1.29, 1.82) is 0 Å². The van der Waals surface area contributed by atoms with Crippen LogP contribution in [0.5, 0.6) is 0 Å². The summed E-state index contributed by atoms with van der Waals surface area (Å²) in [5.74, 6) is 0.914. The van der Waals surface area contributed by atoms with Gasteiger partial charge in [0, 0.05) is 19.0 Å². The first kappa shape index (κ1) is 15.4. The van der Waals surface area contributed by atoms with Crippen molar-refractivity contribution in [3.05, 3.63) is 22.3 Å². The summed E-state index contributed by atoms with van der Waals surface area (Å²) in [6, 6.07) is 4.35. The Kier molecular flexibility index (Phi) is 5.04. The van der Waals surface area contributed by atoms with E-state index in [0.717, 1.165) is 23.5 Å². The van der Waals surface area contributed by atoms with Crippen molar-refractivity contribution in [2.75, 3.05) is 0 Å². The van der Waals surface area contributed by atoms with Crippen LogP contribution in [0.3, 0.4) is 0 Å². The maximum atomic E-state index is 12.1. The summed E-state index contributed by atoms with van der Waals surface area (Å²) in [5.41, 5.74) is 0. The molecule has 1 saturated carbocycles. The van der Waals surface area contributed by atoms with Gasteiger partial charge in [-0.3, -0.25) is 14.5 Å². The Bertz CT molecular complexity index is 668. The van der Waals surface area contributed by atoms with Crippen LogP contribution in [0.1, 0.15) is 38.5 Å². The molecule has 1 aliphatic rings. The first-order valence-corrected chi connectivity index (χ1v) is 9.01. The summed E-state index contributed by atoms with van der Waals surface area (Å²) in [6.07, 6.45) is 6.39. The largest absolute Gasteiger partial charge is 0.353 e. The van der Waals surface area contributed by atoms with E-state index in [9.17, 15) is 4.79 Å². The number of thiophene rings is 1. The summed E-state index contributed by atoms with van der Waals surface area (Å²) < 4.78 is 2.47. The lowest BCUT2D eigenvalue weighted by atomic mass is 9.95. The highest BCUT2D eigenvalue weighted by molar-refractivity contribution is 7.71. The number of amides is 1. The molecule has 2 aromatic rings. The number of carbonyl (C=O) groups is 1.